The number of ether oxygens (including phenoxy) is 3. The number of rotatable bonds is 5. The van der Waals surface area contributed by atoms with Gasteiger partial charge in [-0.3, -0.25) is 0 Å². The number of methoxy groups -OCH3 is 1. The number of benzene rings is 1. The number of anilines is 1. The predicted molar refractivity (Wildman–Crippen MR) is 104 cm³/mol. The molecule has 0 saturated heterocycles. The molecule has 0 unspecified atom stereocenters. The highest BCUT2D eigenvalue weighted by Crippen LogP contribution is 2.36. The fourth-order valence-electron chi connectivity index (χ4n) is 3.31. The van der Waals surface area contributed by atoms with Crippen molar-refractivity contribution in [2.45, 2.75) is 19.9 Å². The highest BCUT2D eigenvalue weighted by Gasteiger charge is 2.22. The zero-order valence-electron chi connectivity index (χ0n) is 16.0. The van der Waals surface area contributed by atoms with Crippen LogP contribution in [0.2, 0.25) is 0 Å². The quantitative estimate of drug-likeness (QED) is 0.653. The van der Waals surface area contributed by atoms with Crippen LogP contribution in [-0.2, 0) is 4.74 Å². The van der Waals surface area contributed by atoms with Crippen molar-refractivity contribution in [3.63, 3.8) is 0 Å². The molecular weight excluding hydrogens is 360 g/mol. The highest BCUT2D eigenvalue weighted by molar-refractivity contribution is 5.97. The molecule has 3 aromatic rings. The largest absolute Gasteiger partial charge is 0.486 e. The SMILES string of the molecule is COC(=O)c1cc2c(N[C@@H](c3ccc4c(c3)OCCO4)C(C)C)ncnc2[nH]1. The minimum atomic E-state index is -0.448. The lowest BCUT2D eigenvalue weighted by atomic mass is 9.95. The molecule has 1 aromatic carbocycles. The molecule has 8 heteroatoms. The molecule has 1 aliphatic rings. The standard InChI is InChI=1S/C20H22N4O4/c1-11(2)17(12-4-5-15-16(8-12)28-7-6-27-15)24-19-13-9-14(20(25)26-3)23-18(13)21-10-22-19/h4-5,8-11,17H,6-7H2,1-3H3,(H2,21,22,23,24)/t17-/m1/s1. The van der Waals surface area contributed by atoms with E-state index in [-0.39, 0.29) is 12.0 Å². The van der Waals surface area contributed by atoms with E-state index in [9.17, 15) is 4.79 Å². The van der Waals surface area contributed by atoms with E-state index in [2.05, 4.69) is 34.1 Å². The summed E-state index contributed by atoms with van der Waals surface area (Å²) < 4.78 is 16.1. The summed E-state index contributed by atoms with van der Waals surface area (Å²) in [4.78, 5) is 23.4. The van der Waals surface area contributed by atoms with Gasteiger partial charge in [0.25, 0.3) is 0 Å². The highest BCUT2D eigenvalue weighted by atomic mass is 16.6. The Bertz CT molecular complexity index is 1010. The lowest BCUT2D eigenvalue weighted by Gasteiger charge is -2.26. The maximum absolute atomic E-state index is 11.8. The van der Waals surface area contributed by atoms with E-state index in [1.807, 2.05) is 18.2 Å². The summed E-state index contributed by atoms with van der Waals surface area (Å²) in [7, 11) is 1.34. The lowest BCUT2D eigenvalue weighted by Crippen LogP contribution is -2.19. The van der Waals surface area contributed by atoms with Crippen LogP contribution in [0.3, 0.4) is 0 Å². The maximum atomic E-state index is 11.8. The van der Waals surface area contributed by atoms with Gasteiger partial charge in [0.05, 0.1) is 18.5 Å². The molecule has 8 nitrogen and oxygen atoms in total. The molecule has 0 radical (unpaired) electrons. The molecule has 0 bridgehead atoms. The number of nitrogens with zero attached hydrogens (tertiary/aromatic N) is 2. The van der Waals surface area contributed by atoms with E-state index in [4.69, 9.17) is 14.2 Å². The molecule has 0 spiro atoms. The third-order valence-electron chi connectivity index (χ3n) is 4.72. The molecule has 28 heavy (non-hydrogen) atoms. The molecular formula is C20H22N4O4. The Morgan fingerprint density at radius 3 is 2.71 bits per heavy atom. The Morgan fingerprint density at radius 1 is 1.18 bits per heavy atom. The van der Waals surface area contributed by atoms with Gasteiger partial charge in [-0.2, -0.15) is 0 Å². The van der Waals surface area contributed by atoms with Crippen molar-refractivity contribution < 1.29 is 19.0 Å². The number of aromatic nitrogens is 3. The smallest absolute Gasteiger partial charge is 0.354 e. The van der Waals surface area contributed by atoms with Crippen molar-refractivity contribution in [3.8, 4) is 11.5 Å². The second-order valence-corrected chi connectivity index (χ2v) is 6.93. The third-order valence-corrected chi connectivity index (χ3v) is 4.72. The van der Waals surface area contributed by atoms with Crippen LogP contribution in [0.25, 0.3) is 11.0 Å². The number of hydrogen-bond acceptors (Lipinski definition) is 7. The van der Waals surface area contributed by atoms with Crippen LogP contribution < -0.4 is 14.8 Å². The van der Waals surface area contributed by atoms with Crippen molar-refractivity contribution in [2.24, 2.45) is 5.92 Å². The van der Waals surface area contributed by atoms with Crippen molar-refractivity contribution in [1.82, 2.24) is 15.0 Å². The van der Waals surface area contributed by atoms with Gasteiger partial charge in [0, 0.05) is 0 Å². The van der Waals surface area contributed by atoms with Crippen LogP contribution >= 0.6 is 0 Å². The van der Waals surface area contributed by atoms with Crippen molar-refractivity contribution in [1.29, 1.82) is 0 Å². The summed E-state index contributed by atoms with van der Waals surface area (Å²) in [6.07, 6.45) is 1.46. The van der Waals surface area contributed by atoms with Gasteiger partial charge in [0.2, 0.25) is 0 Å². The summed E-state index contributed by atoms with van der Waals surface area (Å²) in [5.74, 6) is 1.97. The number of carbonyl (C=O) groups is 1. The fraction of sp³-hybridized carbons (Fsp3) is 0.350. The monoisotopic (exact) mass is 382 g/mol. The van der Waals surface area contributed by atoms with E-state index >= 15 is 0 Å². The Labute approximate surface area is 162 Å². The fourth-order valence-corrected chi connectivity index (χ4v) is 3.31. The van der Waals surface area contributed by atoms with Gasteiger partial charge in [0.15, 0.2) is 11.5 Å². The van der Waals surface area contributed by atoms with Gasteiger partial charge in [-0.15, -0.1) is 0 Å². The van der Waals surface area contributed by atoms with Crippen molar-refractivity contribution in [3.05, 3.63) is 41.9 Å². The van der Waals surface area contributed by atoms with Gasteiger partial charge >= 0.3 is 5.97 Å². The van der Waals surface area contributed by atoms with E-state index in [0.29, 0.717) is 30.4 Å². The molecule has 0 saturated carbocycles. The van der Waals surface area contributed by atoms with Crippen molar-refractivity contribution in [2.75, 3.05) is 25.6 Å². The second kappa shape index (κ2) is 7.38. The summed E-state index contributed by atoms with van der Waals surface area (Å²) in [6.45, 7) is 5.36. The molecule has 146 valence electrons. The number of fused-ring (bicyclic) bond motifs is 2. The van der Waals surface area contributed by atoms with Crippen LogP contribution in [-0.4, -0.2) is 41.2 Å². The van der Waals surface area contributed by atoms with Crippen LogP contribution in [0.15, 0.2) is 30.6 Å². The van der Waals surface area contributed by atoms with Gasteiger partial charge in [-0.25, -0.2) is 14.8 Å². The first kappa shape index (κ1) is 18.1. The van der Waals surface area contributed by atoms with Gasteiger partial charge in [-0.1, -0.05) is 19.9 Å². The molecule has 1 aliphatic heterocycles. The molecule has 0 fully saturated rings. The first-order chi connectivity index (χ1) is 13.6. The van der Waals surface area contributed by atoms with Crippen molar-refractivity contribution >= 4 is 22.8 Å². The van der Waals surface area contributed by atoms with Crippen LogP contribution in [0, 0.1) is 5.92 Å². The van der Waals surface area contributed by atoms with E-state index in [1.54, 1.807) is 6.07 Å². The summed E-state index contributed by atoms with van der Waals surface area (Å²) in [5, 5.41) is 4.22. The third kappa shape index (κ3) is 3.33. The van der Waals surface area contributed by atoms with E-state index < -0.39 is 5.97 Å². The average Bonchev–Trinajstić information content (AvgIpc) is 3.16. The predicted octanol–water partition coefficient (Wildman–Crippen LogP) is 3.32. The number of esters is 1. The van der Waals surface area contributed by atoms with Crippen LogP contribution in [0.4, 0.5) is 5.82 Å². The molecule has 2 aromatic heterocycles. The maximum Gasteiger partial charge on any atom is 0.354 e. The van der Waals surface area contributed by atoms with Gasteiger partial charge in [-0.05, 0) is 29.7 Å². The molecule has 4 rings (SSSR count). The Morgan fingerprint density at radius 2 is 1.96 bits per heavy atom. The first-order valence-electron chi connectivity index (χ1n) is 9.15. The number of hydrogen-bond donors (Lipinski definition) is 2. The number of aromatic amines is 1. The minimum absolute atomic E-state index is 0.0228. The Balaban J connectivity index is 1.69. The number of H-pyrrole nitrogens is 1. The first-order valence-corrected chi connectivity index (χ1v) is 9.15. The number of carbonyl (C=O) groups excluding carboxylic acids is 1. The zero-order chi connectivity index (χ0) is 19.7. The topological polar surface area (TPSA) is 98.4 Å². The lowest BCUT2D eigenvalue weighted by molar-refractivity contribution is 0.0595. The molecule has 0 amide bonds. The Kier molecular flexibility index (Phi) is 4.77. The second-order valence-electron chi connectivity index (χ2n) is 6.93. The molecule has 2 N–H and O–H groups in total. The molecule has 1 atom stereocenters. The van der Waals surface area contributed by atoms with Gasteiger partial charge < -0.3 is 24.5 Å². The summed E-state index contributed by atoms with van der Waals surface area (Å²) >= 11 is 0. The normalized spacial score (nSPS) is 14.1. The average molecular weight is 382 g/mol. The van der Waals surface area contributed by atoms with E-state index in [1.165, 1.54) is 13.4 Å². The molecule has 3 heterocycles. The Hall–Kier alpha value is -3.29. The van der Waals surface area contributed by atoms with Crippen LogP contribution in [0.1, 0.15) is 35.9 Å². The number of nitrogens with one attached hydrogen (secondary N) is 2. The zero-order valence-corrected chi connectivity index (χ0v) is 16.0. The van der Waals surface area contributed by atoms with Gasteiger partial charge in [0.1, 0.15) is 36.7 Å². The molecule has 0 aliphatic carbocycles. The summed E-state index contributed by atoms with van der Waals surface area (Å²) in [6, 6.07) is 7.64. The van der Waals surface area contributed by atoms with E-state index in [0.717, 1.165) is 22.4 Å². The minimum Gasteiger partial charge on any atom is -0.486 e. The van der Waals surface area contributed by atoms with Crippen LogP contribution in [0.5, 0.6) is 11.5 Å². The summed E-state index contributed by atoms with van der Waals surface area (Å²) in [5.41, 5.74) is 1.97.